The minimum atomic E-state index is -0.0110. The van der Waals surface area contributed by atoms with Crippen molar-refractivity contribution in [2.75, 3.05) is 20.5 Å². The Balaban J connectivity index is 1.64. The number of rotatable bonds is 6. The zero-order valence-corrected chi connectivity index (χ0v) is 14.4. The van der Waals surface area contributed by atoms with Crippen molar-refractivity contribution in [1.82, 2.24) is 14.8 Å². The monoisotopic (exact) mass is 353 g/mol. The SMILES string of the molecule is COc1ccc(Cc2nc(-c3ccc4c(c3)OCO4)n(CCO)n2)cc1. The number of aliphatic hydroxyl groups excluding tert-OH is 1. The van der Waals surface area contributed by atoms with Crippen LogP contribution < -0.4 is 14.2 Å². The first kappa shape index (κ1) is 16.4. The van der Waals surface area contributed by atoms with Crippen LogP contribution in [0.15, 0.2) is 42.5 Å². The summed E-state index contributed by atoms with van der Waals surface area (Å²) in [5, 5.41) is 13.9. The van der Waals surface area contributed by atoms with Crippen LogP contribution in [-0.4, -0.2) is 40.4 Å². The molecule has 1 N–H and O–H groups in total. The largest absolute Gasteiger partial charge is 0.497 e. The fourth-order valence-corrected chi connectivity index (χ4v) is 2.89. The molecule has 0 aliphatic carbocycles. The van der Waals surface area contributed by atoms with E-state index in [4.69, 9.17) is 14.2 Å². The summed E-state index contributed by atoms with van der Waals surface area (Å²) in [6, 6.07) is 13.5. The molecule has 0 fully saturated rings. The number of hydrogen-bond acceptors (Lipinski definition) is 6. The molecule has 7 nitrogen and oxygen atoms in total. The van der Waals surface area contributed by atoms with Crippen molar-refractivity contribution >= 4 is 0 Å². The Labute approximate surface area is 150 Å². The van der Waals surface area contributed by atoms with Gasteiger partial charge in [-0.1, -0.05) is 12.1 Å². The highest BCUT2D eigenvalue weighted by Crippen LogP contribution is 2.35. The van der Waals surface area contributed by atoms with Gasteiger partial charge in [0.2, 0.25) is 6.79 Å². The van der Waals surface area contributed by atoms with Gasteiger partial charge in [0.25, 0.3) is 0 Å². The lowest BCUT2D eigenvalue weighted by molar-refractivity contribution is 0.174. The predicted octanol–water partition coefficient (Wildman–Crippen LogP) is 2.27. The molecule has 1 aliphatic rings. The molecule has 2 aromatic carbocycles. The van der Waals surface area contributed by atoms with Crippen LogP contribution in [0.5, 0.6) is 17.2 Å². The van der Waals surface area contributed by atoms with E-state index in [-0.39, 0.29) is 13.4 Å². The third kappa shape index (κ3) is 3.21. The van der Waals surface area contributed by atoms with E-state index in [2.05, 4.69) is 10.1 Å². The van der Waals surface area contributed by atoms with Crippen LogP contribution in [0, 0.1) is 0 Å². The molecule has 0 atom stereocenters. The van der Waals surface area contributed by atoms with Crippen LogP contribution in [0.25, 0.3) is 11.4 Å². The van der Waals surface area contributed by atoms with Crippen molar-refractivity contribution in [1.29, 1.82) is 0 Å². The van der Waals surface area contributed by atoms with Crippen molar-refractivity contribution < 1.29 is 19.3 Å². The highest BCUT2D eigenvalue weighted by Gasteiger charge is 2.18. The van der Waals surface area contributed by atoms with Gasteiger partial charge in [0.05, 0.1) is 20.3 Å². The molecule has 134 valence electrons. The lowest BCUT2D eigenvalue weighted by atomic mass is 10.1. The Bertz CT molecular complexity index is 906. The van der Waals surface area contributed by atoms with Gasteiger partial charge < -0.3 is 19.3 Å². The number of aromatic nitrogens is 3. The average molecular weight is 353 g/mol. The van der Waals surface area contributed by atoms with Crippen LogP contribution in [0.1, 0.15) is 11.4 Å². The fraction of sp³-hybridized carbons (Fsp3) is 0.263. The summed E-state index contributed by atoms with van der Waals surface area (Å²) in [4.78, 5) is 4.68. The van der Waals surface area contributed by atoms with Gasteiger partial charge in [0.15, 0.2) is 23.1 Å². The van der Waals surface area contributed by atoms with Crippen LogP contribution in [0.3, 0.4) is 0 Å². The molecule has 1 aromatic heterocycles. The highest BCUT2D eigenvalue weighted by atomic mass is 16.7. The first-order valence-electron chi connectivity index (χ1n) is 8.34. The average Bonchev–Trinajstić information content (AvgIpc) is 3.29. The van der Waals surface area contributed by atoms with Gasteiger partial charge in [-0.2, -0.15) is 5.10 Å². The summed E-state index contributed by atoms with van der Waals surface area (Å²) >= 11 is 0. The zero-order chi connectivity index (χ0) is 17.9. The Morgan fingerprint density at radius 3 is 2.69 bits per heavy atom. The fourth-order valence-electron chi connectivity index (χ4n) is 2.89. The minimum absolute atomic E-state index is 0.0110. The quantitative estimate of drug-likeness (QED) is 0.732. The van der Waals surface area contributed by atoms with Crippen molar-refractivity contribution in [3.05, 3.63) is 53.9 Å². The number of aliphatic hydroxyl groups is 1. The normalized spacial score (nSPS) is 12.4. The summed E-state index contributed by atoms with van der Waals surface area (Å²) in [5.41, 5.74) is 1.96. The number of benzene rings is 2. The van der Waals surface area contributed by atoms with Gasteiger partial charge in [-0.05, 0) is 35.9 Å². The van der Waals surface area contributed by atoms with Gasteiger partial charge in [0, 0.05) is 12.0 Å². The second kappa shape index (κ2) is 7.05. The summed E-state index contributed by atoms with van der Waals surface area (Å²) in [6.07, 6.45) is 0.597. The molecule has 26 heavy (non-hydrogen) atoms. The smallest absolute Gasteiger partial charge is 0.231 e. The molecule has 0 saturated carbocycles. The van der Waals surface area contributed by atoms with Gasteiger partial charge in [-0.25, -0.2) is 9.67 Å². The molecule has 0 saturated heterocycles. The second-order valence-electron chi connectivity index (χ2n) is 5.89. The maximum absolute atomic E-state index is 9.36. The maximum Gasteiger partial charge on any atom is 0.231 e. The Morgan fingerprint density at radius 2 is 1.92 bits per heavy atom. The molecule has 3 aromatic rings. The molecule has 0 spiro atoms. The molecular formula is C19H19N3O4. The third-order valence-electron chi connectivity index (χ3n) is 4.18. The number of hydrogen-bond donors (Lipinski definition) is 1. The lowest BCUT2D eigenvalue weighted by Gasteiger charge is -2.04. The second-order valence-corrected chi connectivity index (χ2v) is 5.89. The topological polar surface area (TPSA) is 78.6 Å². The number of nitrogens with zero attached hydrogens (tertiary/aromatic N) is 3. The predicted molar refractivity (Wildman–Crippen MR) is 94.5 cm³/mol. The van der Waals surface area contributed by atoms with E-state index in [1.165, 1.54) is 0 Å². The Hall–Kier alpha value is -3.06. The van der Waals surface area contributed by atoms with Crippen LogP contribution in [0.4, 0.5) is 0 Å². The summed E-state index contributed by atoms with van der Waals surface area (Å²) in [6.45, 7) is 0.590. The number of methoxy groups -OCH3 is 1. The Morgan fingerprint density at radius 1 is 1.12 bits per heavy atom. The summed E-state index contributed by atoms with van der Waals surface area (Å²) in [5.74, 6) is 3.61. The van der Waals surface area contributed by atoms with Crippen LogP contribution >= 0.6 is 0 Å². The lowest BCUT2D eigenvalue weighted by Crippen LogP contribution is -2.06. The van der Waals surface area contributed by atoms with Crippen molar-refractivity contribution in [3.63, 3.8) is 0 Å². The molecular weight excluding hydrogens is 334 g/mol. The third-order valence-corrected chi connectivity index (χ3v) is 4.18. The minimum Gasteiger partial charge on any atom is -0.497 e. The van der Waals surface area contributed by atoms with Crippen LogP contribution in [-0.2, 0) is 13.0 Å². The molecule has 1 aliphatic heterocycles. The molecule has 7 heteroatoms. The highest BCUT2D eigenvalue weighted by molar-refractivity contribution is 5.62. The van der Waals surface area contributed by atoms with E-state index < -0.39 is 0 Å². The van der Waals surface area contributed by atoms with Gasteiger partial charge >= 0.3 is 0 Å². The first-order valence-corrected chi connectivity index (χ1v) is 8.34. The number of fused-ring (bicyclic) bond motifs is 1. The van der Waals surface area contributed by atoms with Crippen molar-refractivity contribution in [2.45, 2.75) is 13.0 Å². The van der Waals surface area contributed by atoms with Gasteiger partial charge in [-0.3, -0.25) is 0 Å². The molecule has 4 rings (SSSR count). The van der Waals surface area contributed by atoms with Crippen molar-refractivity contribution in [2.24, 2.45) is 0 Å². The van der Waals surface area contributed by atoms with Crippen LogP contribution in [0.2, 0.25) is 0 Å². The van der Waals surface area contributed by atoms with E-state index in [1.807, 2.05) is 42.5 Å². The van der Waals surface area contributed by atoms with Crippen molar-refractivity contribution in [3.8, 4) is 28.6 Å². The molecule has 0 radical (unpaired) electrons. The van der Waals surface area contributed by atoms with E-state index in [0.717, 1.165) is 22.6 Å². The van der Waals surface area contributed by atoms with E-state index >= 15 is 0 Å². The first-order chi connectivity index (χ1) is 12.8. The van der Waals surface area contributed by atoms with Gasteiger partial charge in [0.1, 0.15) is 5.75 Å². The Kier molecular flexibility index (Phi) is 4.45. The van der Waals surface area contributed by atoms with E-state index in [1.54, 1.807) is 11.8 Å². The maximum atomic E-state index is 9.36. The summed E-state index contributed by atoms with van der Waals surface area (Å²) in [7, 11) is 1.64. The van der Waals surface area contributed by atoms with Gasteiger partial charge in [-0.15, -0.1) is 0 Å². The molecule has 0 amide bonds. The molecule has 0 bridgehead atoms. The standard InChI is InChI=1S/C19H19N3O4/c1-24-15-5-2-13(3-6-15)10-18-20-19(22(21-18)8-9-23)14-4-7-16-17(11-14)26-12-25-16/h2-7,11,23H,8-10,12H2,1H3. The van der Waals surface area contributed by atoms with E-state index in [0.29, 0.717) is 30.4 Å². The summed E-state index contributed by atoms with van der Waals surface area (Å²) < 4.78 is 17.7. The zero-order valence-electron chi connectivity index (χ0n) is 14.4. The molecule has 2 heterocycles. The molecule has 0 unspecified atom stereocenters. The number of ether oxygens (including phenoxy) is 3. The van der Waals surface area contributed by atoms with E-state index in [9.17, 15) is 5.11 Å².